The predicted molar refractivity (Wildman–Crippen MR) is 108 cm³/mol. The van der Waals surface area contributed by atoms with Gasteiger partial charge in [-0.25, -0.2) is 0 Å². The Morgan fingerprint density at radius 3 is 2.50 bits per heavy atom. The number of ether oxygens (including phenoxy) is 1. The van der Waals surface area contributed by atoms with Gasteiger partial charge in [0.25, 0.3) is 0 Å². The van der Waals surface area contributed by atoms with Gasteiger partial charge in [-0.2, -0.15) is 0 Å². The van der Waals surface area contributed by atoms with Crippen molar-refractivity contribution in [2.45, 2.75) is 25.8 Å². The van der Waals surface area contributed by atoms with Crippen molar-refractivity contribution in [3.05, 3.63) is 65.3 Å². The molecule has 2 heterocycles. The Hall–Kier alpha value is -1.97. The van der Waals surface area contributed by atoms with Crippen LogP contribution in [0.2, 0.25) is 5.02 Å². The van der Waals surface area contributed by atoms with Gasteiger partial charge in [0.2, 0.25) is 0 Å². The van der Waals surface area contributed by atoms with Gasteiger partial charge < -0.3 is 9.30 Å². The summed E-state index contributed by atoms with van der Waals surface area (Å²) in [6.07, 6.45) is 6.04. The van der Waals surface area contributed by atoms with Crippen LogP contribution in [0, 0.1) is 0 Å². The predicted octanol–water partition coefficient (Wildman–Crippen LogP) is 5.21. The first-order valence-corrected chi connectivity index (χ1v) is 9.85. The van der Waals surface area contributed by atoms with Gasteiger partial charge in [0.15, 0.2) is 0 Å². The lowest BCUT2D eigenvalue weighted by molar-refractivity contribution is 0.183. The Morgan fingerprint density at radius 1 is 0.923 bits per heavy atom. The van der Waals surface area contributed by atoms with Crippen molar-refractivity contribution in [2.24, 2.45) is 0 Å². The van der Waals surface area contributed by atoms with Crippen molar-refractivity contribution < 1.29 is 4.74 Å². The maximum Gasteiger partial charge on any atom is 0.119 e. The molecular formula is C22H25ClN2O. The van der Waals surface area contributed by atoms with Crippen molar-refractivity contribution in [1.29, 1.82) is 0 Å². The summed E-state index contributed by atoms with van der Waals surface area (Å²) >= 11 is 6.35. The van der Waals surface area contributed by atoms with Crippen molar-refractivity contribution in [3.63, 3.8) is 0 Å². The van der Waals surface area contributed by atoms with Gasteiger partial charge >= 0.3 is 0 Å². The Kier molecular flexibility index (Phi) is 5.47. The van der Waals surface area contributed by atoms with Crippen LogP contribution in [-0.4, -0.2) is 35.7 Å². The highest BCUT2D eigenvalue weighted by molar-refractivity contribution is 6.35. The molecule has 0 bridgehead atoms. The molecule has 1 aliphatic rings. The molecule has 1 aromatic heterocycles. The number of rotatable bonds is 6. The fraction of sp³-hybridized carbons (Fsp3) is 0.364. The third-order valence-corrected chi connectivity index (χ3v) is 5.44. The summed E-state index contributed by atoms with van der Waals surface area (Å²) in [5.41, 5.74) is 2.41. The SMILES string of the molecule is Clc1cn(Cc2ccc(OCCN3CCCCC3)cc2)c2ccccc12. The fourth-order valence-electron chi connectivity index (χ4n) is 3.70. The van der Waals surface area contributed by atoms with E-state index in [9.17, 15) is 0 Å². The maximum atomic E-state index is 6.35. The minimum atomic E-state index is 0.761. The number of halogens is 1. The van der Waals surface area contributed by atoms with Crippen LogP contribution in [0.25, 0.3) is 10.9 Å². The van der Waals surface area contributed by atoms with Crippen molar-refractivity contribution in [1.82, 2.24) is 9.47 Å². The molecule has 136 valence electrons. The Bertz CT molecular complexity index is 850. The summed E-state index contributed by atoms with van der Waals surface area (Å²) in [6.45, 7) is 5.03. The van der Waals surface area contributed by atoms with E-state index in [0.29, 0.717) is 0 Å². The molecule has 3 aromatic rings. The second kappa shape index (κ2) is 8.15. The van der Waals surface area contributed by atoms with E-state index in [1.165, 1.54) is 43.4 Å². The van der Waals surface area contributed by atoms with Crippen LogP contribution in [0.15, 0.2) is 54.7 Å². The minimum absolute atomic E-state index is 0.761. The Labute approximate surface area is 160 Å². The van der Waals surface area contributed by atoms with Crippen LogP contribution in [0.4, 0.5) is 0 Å². The quantitative estimate of drug-likeness (QED) is 0.594. The van der Waals surface area contributed by atoms with Crippen LogP contribution >= 0.6 is 11.6 Å². The second-order valence-electron chi connectivity index (χ2n) is 7.02. The van der Waals surface area contributed by atoms with E-state index in [2.05, 4.69) is 51.9 Å². The van der Waals surface area contributed by atoms with Crippen LogP contribution in [0.1, 0.15) is 24.8 Å². The monoisotopic (exact) mass is 368 g/mol. The van der Waals surface area contributed by atoms with Crippen molar-refractivity contribution in [3.8, 4) is 5.75 Å². The molecule has 4 heteroatoms. The Morgan fingerprint density at radius 2 is 1.69 bits per heavy atom. The van der Waals surface area contributed by atoms with Crippen LogP contribution < -0.4 is 4.74 Å². The standard InChI is InChI=1S/C22H25ClN2O/c23-21-17-25(22-7-3-2-6-20(21)22)16-18-8-10-19(11-9-18)26-15-14-24-12-4-1-5-13-24/h2-3,6-11,17H,1,4-5,12-16H2. The molecule has 0 radical (unpaired) electrons. The molecule has 26 heavy (non-hydrogen) atoms. The highest BCUT2D eigenvalue weighted by Crippen LogP contribution is 2.26. The van der Waals surface area contributed by atoms with Crippen LogP contribution in [-0.2, 0) is 6.54 Å². The van der Waals surface area contributed by atoms with Gasteiger partial charge in [0.05, 0.1) is 5.02 Å². The Balaban J connectivity index is 1.35. The minimum Gasteiger partial charge on any atom is -0.492 e. The van der Waals surface area contributed by atoms with E-state index in [0.717, 1.165) is 35.9 Å². The molecule has 2 aromatic carbocycles. The summed E-state index contributed by atoms with van der Waals surface area (Å²) < 4.78 is 8.12. The van der Waals surface area contributed by atoms with E-state index in [-0.39, 0.29) is 0 Å². The van der Waals surface area contributed by atoms with Gasteiger partial charge in [-0.3, -0.25) is 4.90 Å². The highest BCUT2D eigenvalue weighted by Gasteiger charge is 2.10. The molecule has 0 saturated carbocycles. The number of nitrogens with zero attached hydrogens (tertiary/aromatic N) is 2. The molecule has 0 spiro atoms. The van der Waals surface area contributed by atoms with Crippen molar-refractivity contribution in [2.75, 3.05) is 26.2 Å². The first-order valence-electron chi connectivity index (χ1n) is 9.47. The zero-order valence-corrected chi connectivity index (χ0v) is 15.8. The molecule has 0 atom stereocenters. The third-order valence-electron chi connectivity index (χ3n) is 5.14. The number of fused-ring (bicyclic) bond motifs is 1. The normalized spacial score (nSPS) is 15.4. The number of piperidine rings is 1. The smallest absolute Gasteiger partial charge is 0.119 e. The maximum absolute atomic E-state index is 6.35. The van der Waals surface area contributed by atoms with E-state index in [1.807, 2.05) is 12.3 Å². The van der Waals surface area contributed by atoms with Gasteiger partial charge in [-0.15, -0.1) is 0 Å². The summed E-state index contributed by atoms with van der Waals surface area (Å²) in [5.74, 6) is 0.946. The zero-order chi connectivity index (χ0) is 17.8. The van der Waals surface area contributed by atoms with Crippen molar-refractivity contribution >= 4 is 22.5 Å². The molecular weight excluding hydrogens is 344 g/mol. The number of benzene rings is 2. The molecule has 0 unspecified atom stereocenters. The lowest BCUT2D eigenvalue weighted by atomic mass is 10.1. The topological polar surface area (TPSA) is 17.4 Å². The van der Waals surface area contributed by atoms with Gasteiger partial charge in [-0.1, -0.05) is 48.4 Å². The molecule has 1 aliphatic heterocycles. The summed E-state index contributed by atoms with van der Waals surface area (Å²) in [7, 11) is 0. The lowest BCUT2D eigenvalue weighted by Crippen LogP contribution is -2.33. The number of hydrogen-bond donors (Lipinski definition) is 0. The molecule has 0 amide bonds. The number of para-hydroxylation sites is 1. The summed E-state index contributed by atoms with van der Waals surface area (Å²) in [5, 5.41) is 1.91. The zero-order valence-electron chi connectivity index (χ0n) is 15.0. The lowest BCUT2D eigenvalue weighted by Gasteiger charge is -2.26. The average Bonchev–Trinajstić information content (AvgIpc) is 3.00. The molecule has 0 N–H and O–H groups in total. The van der Waals surface area contributed by atoms with Gasteiger partial charge in [0.1, 0.15) is 12.4 Å². The first kappa shape index (κ1) is 17.4. The fourth-order valence-corrected chi connectivity index (χ4v) is 3.97. The van der Waals surface area contributed by atoms with Gasteiger partial charge in [0, 0.05) is 30.2 Å². The molecule has 3 nitrogen and oxygen atoms in total. The summed E-state index contributed by atoms with van der Waals surface area (Å²) in [4.78, 5) is 2.50. The molecule has 0 aliphatic carbocycles. The third kappa shape index (κ3) is 4.05. The molecule has 1 fully saturated rings. The summed E-state index contributed by atoms with van der Waals surface area (Å²) in [6, 6.07) is 16.7. The largest absolute Gasteiger partial charge is 0.492 e. The van der Waals surface area contributed by atoms with E-state index >= 15 is 0 Å². The molecule has 4 rings (SSSR count). The highest BCUT2D eigenvalue weighted by atomic mass is 35.5. The number of likely N-dealkylation sites (tertiary alicyclic amines) is 1. The van der Waals surface area contributed by atoms with E-state index < -0.39 is 0 Å². The van der Waals surface area contributed by atoms with Crippen LogP contribution in [0.5, 0.6) is 5.75 Å². The molecule has 1 saturated heterocycles. The number of hydrogen-bond acceptors (Lipinski definition) is 2. The average molecular weight is 369 g/mol. The van der Waals surface area contributed by atoms with Crippen LogP contribution in [0.3, 0.4) is 0 Å². The van der Waals surface area contributed by atoms with Gasteiger partial charge in [-0.05, 0) is 49.7 Å². The van der Waals surface area contributed by atoms with E-state index in [4.69, 9.17) is 16.3 Å². The first-order chi connectivity index (χ1) is 12.8. The van der Waals surface area contributed by atoms with E-state index in [1.54, 1.807) is 0 Å². The second-order valence-corrected chi connectivity index (χ2v) is 7.42. The number of aromatic nitrogens is 1.